The number of benzene rings is 1. The minimum atomic E-state index is -0.170. The fourth-order valence-electron chi connectivity index (χ4n) is 2.71. The molecule has 0 atom stereocenters. The lowest BCUT2D eigenvalue weighted by molar-refractivity contribution is 0.252. The molecular weight excluding hydrogens is 260 g/mol. The fraction of sp³-hybridized carbons (Fsp3) is 0.533. The number of hydrogen-bond donors (Lipinski definition) is 2. The average molecular weight is 281 g/mol. The Morgan fingerprint density at radius 3 is 2.63 bits per heavy atom. The largest absolute Gasteiger partial charge is 0.337 e. The molecule has 1 aliphatic rings. The van der Waals surface area contributed by atoms with Gasteiger partial charge in [-0.25, -0.2) is 4.79 Å². The molecule has 0 fully saturated rings. The maximum Gasteiger partial charge on any atom is 0.319 e. The third-order valence-corrected chi connectivity index (χ3v) is 4.02. The van der Waals surface area contributed by atoms with Gasteiger partial charge in [0.25, 0.3) is 0 Å². The number of carbonyl (C=O) groups excluding carboxylic acids is 1. The van der Waals surface area contributed by atoms with Gasteiger partial charge in [0.05, 0.1) is 0 Å². The van der Waals surface area contributed by atoms with Crippen molar-refractivity contribution in [2.75, 3.05) is 17.7 Å². The van der Waals surface area contributed by atoms with E-state index in [2.05, 4.69) is 30.5 Å². The second-order valence-electron chi connectivity index (χ2n) is 5.10. The normalized spacial score (nSPS) is 13.8. The third-order valence-electron chi connectivity index (χ3n) is 3.83. The zero-order valence-corrected chi connectivity index (χ0v) is 12.4. The van der Waals surface area contributed by atoms with Gasteiger partial charge in [0.2, 0.25) is 0 Å². The number of hydrogen-bond acceptors (Lipinski definition) is 1. The van der Waals surface area contributed by atoms with Crippen LogP contribution >= 0.6 is 11.6 Å². The number of aryl methyl sites for hydroxylation is 1. The summed E-state index contributed by atoms with van der Waals surface area (Å²) in [6.07, 6.45) is 4.63. The highest BCUT2D eigenvalue weighted by molar-refractivity contribution is 6.18. The Hall–Kier alpha value is -1.22. The van der Waals surface area contributed by atoms with Gasteiger partial charge in [-0.2, -0.15) is 0 Å². The third kappa shape index (κ3) is 3.21. The van der Waals surface area contributed by atoms with Gasteiger partial charge < -0.3 is 10.6 Å². The molecule has 0 aromatic heterocycles. The summed E-state index contributed by atoms with van der Waals surface area (Å²) in [7, 11) is 0. The highest BCUT2D eigenvalue weighted by atomic mass is 35.5. The molecule has 0 unspecified atom stereocenters. The van der Waals surface area contributed by atoms with Gasteiger partial charge in [0.15, 0.2) is 0 Å². The Bertz CT molecular complexity index is 486. The zero-order chi connectivity index (χ0) is 13.8. The number of amides is 2. The molecule has 3 nitrogen and oxygen atoms in total. The minimum absolute atomic E-state index is 0.170. The molecule has 2 rings (SSSR count). The smallest absolute Gasteiger partial charge is 0.319 e. The molecule has 19 heavy (non-hydrogen) atoms. The maximum absolute atomic E-state index is 11.8. The number of nitrogens with one attached hydrogen (secondary N) is 2. The number of anilines is 1. The lowest BCUT2D eigenvalue weighted by Gasteiger charge is -2.23. The van der Waals surface area contributed by atoms with Gasteiger partial charge in [-0.3, -0.25) is 0 Å². The Labute approximate surface area is 119 Å². The molecule has 2 amide bonds. The summed E-state index contributed by atoms with van der Waals surface area (Å²) in [5, 5.41) is 5.70. The van der Waals surface area contributed by atoms with Crippen molar-refractivity contribution in [3.8, 4) is 0 Å². The SMILES string of the molecule is Cc1cc(NC(=O)NCCCl)c2c(c1C)CCCC2. The van der Waals surface area contributed by atoms with Crippen LogP contribution in [-0.4, -0.2) is 18.5 Å². The van der Waals surface area contributed by atoms with Crippen LogP contribution < -0.4 is 10.6 Å². The average Bonchev–Trinajstić information content (AvgIpc) is 2.42. The molecular formula is C15H21ClN2O. The van der Waals surface area contributed by atoms with Crippen LogP contribution in [-0.2, 0) is 12.8 Å². The standard InChI is InChI=1S/C15H21ClN2O/c1-10-9-14(18-15(19)17-8-7-16)13-6-4-3-5-12(13)11(10)2/h9H,3-8H2,1-2H3,(H2,17,18,19). The number of urea groups is 1. The van der Waals surface area contributed by atoms with E-state index in [1.807, 2.05) is 0 Å². The van der Waals surface area contributed by atoms with Crippen LogP contribution in [0.5, 0.6) is 0 Å². The molecule has 0 saturated carbocycles. The fourth-order valence-corrected chi connectivity index (χ4v) is 2.80. The van der Waals surface area contributed by atoms with Crippen molar-refractivity contribution >= 4 is 23.3 Å². The van der Waals surface area contributed by atoms with Crippen molar-refractivity contribution in [3.63, 3.8) is 0 Å². The van der Waals surface area contributed by atoms with Crippen LogP contribution in [0.1, 0.15) is 35.1 Å². The molecule has 4 heteroatoms. The van der Waals surface area contributed by atoms with Gasteiger partial charge >= 0.3 is 6.03 Å². The van der Waals surface area contributed by atoms with Gasteiger partial charge in [-0.05, 0) is 67.9 Å². The quantitative estimate of drug-likeness (QED) is 0.817. The first-order valence-corrected chi connectivity index (χ1v) is 7.39. The maximum atomic E-state index is 11.8. The molecule has 1 aromatic carbocycles. The van der Waals surface area contributed by atoms with E-state index >= 15 is 0 Å². The topological polar surface area (TPSA) is 41.1 Å². The zero-order valence-electron chi connectivity index (χ0n) is 11.6. The second kappa shape index (κ2) is 6.29. The van der Waals surface area contributed by atoms with E-state index in [4.69, 9.17) is 11.6 Å². The van der Waals surface area contributed by atoms with Crippen LogP contribution in [0.4, 0.5) is 10.5 Å². The first-order valence-electron chi connectivity index (χ1n) is 6.86. The molecule has 0 heterocycles. The summed E-state index contributed by atoms with van der Waals surface area (Å²) in [5.74, 6) is 0.429. The summed E-state index contributed by atoms with van der Waals surface area (Å²) >= 11 is 5.57. The summed E-state index contributed by atoms with van der Waals surface area (Å²) in [4.78, 5) is 11.8. The number of fused-ring (bicyclic) bond motifs is 1. The molecule has 1 aliphatic carbocycles. The Morgan fingerprint density at radius 1 is 1.26 bits per heavy atom. The van der Waals surface area contributed by atoms with Crippen LogP contribution in [0.15, 0.2) is 6.07 Å². The van der Waals surface area contributed by atoms with Gasteiger partial charge in [-0.1, -0.05) is 0 Å². The van der Waals surface area contributed by atoms with E-state index in [-0.39, 0.29) is 6.03 Å². The van der Waals surface area contributed by atoms with Gasteiger partial charge in [-0.15, -0.1) is 11.6 Å². The monoisotopic (exact) mass is 280 g/mol. The number of rotatable bonds is 3. The predicted octanol–water partition coefficient (Wildman–Crippen LogP) is 3.54. The lowest BCUT2D eigenvalue weighted by Crippen LogP contribution is -2.31. The van der Waals surface area contributed by atoms with E-state index < -0.39 is 0 Å². The molecule has 0 saturated heterocycles. The first kappa shape index (κ1) is 14.2. The van der Waals surface area contributed by atoms with Gasteiger partial charge in [0.1, 0.15) is 0 Å². The van der Waals surface area contributed by atoms with Crippen LogP contribution in [0, 0.1) is 13.8 Å². The lowest BCUT2D eigenvalue weighted by atomic mass is 9.85. The van der Waals surface area contributed by atoms with Crippen molar-refractivity contribution in [3.05, 3.63) is 28.3 Å². The van der Waals surface area contributed by atoms with Crippen LogP contribution in [0.25, 0.3) is 0 Å². The van der Waals surface area contributed by atoms with Crippen molar-refractivity contribution in [1.82, 2.24) is 5.32 Å². The Morgan fingerprint density at radius 2 is 1.95 bits per heavy atom. The molecule has 0 spiro atoms. The predicted molar refractivity (Wildman–Crippen MR) is 80.3 cm³/mol. The number of carbonyl (C=O) groups is 1. The molecule has 0 radical (unpaired) electrons. The van der Waals surface area contributed by atoms with Crippen molar-refractivity contribution in [2.24, 2.45) is 0 Å². The van der Waals surface area contributed by atoms with Crippen molar-refractivity contribution in [1.29, 1.82) is 0 Å². The highest BCUT2D eigenvalue weighted by Crippen LogP contribution is 2.32. The van der Waals surface area contributed by atoms with E-state index in [1.54, 1.807) is 0 Å². The second-order valence-corrected chi connectivity index (χ2v) is 5.48. The highest BCUT2D eigenvalue weighted by Gasteiger charge is 2.18. The summed E-state index contributed by atoms with van der Waals surface area (Å²) in [6, 6.07) is 1.91. The number of halogens is 1. The number of alkyl halides is 1. The van der Waals surface area contributed by atoms with Crippen molar-refractivity contribution in [2.45, 2.75) is 39.5 Å². The van der Waals surface area contributed by atoms with Crippen LogP contribution in [0.2, 0.25) is 0 Å². The molecule has 2 N–H and O–H groups in total. The Kier molecular flexibility index (Phi) is 4.70. The molecule has 1 aromatic rings. The first-order chi connectivity index (χ1) is 9.13. The summed E-state index contributed by atoms with van der Waals surface area (Å²) in [5.41, 5.74) is 6.33. The van der Waals surface area contributed by atoms with E-state index in [9.17, 15) is 4.79 Å². The van der Waals surface area contributed by atoms with E-state index in [1.165, 1.54) is 35.1 Å². The summed E-state index contributed by atoms with van der Waals surface area (Å²) in [6.45, 7) is 4.77. The van der Waals surface area contributed by atoms with Crippen LogP contribution in [0.3, 0.4) is 0 Å². The molecule has 0 bridgehead atoms. The Balaban J connectivity index is 2.25. The summed E-state index contributed by atoms with van der Waals surface area (Å²) < 4.78 is 0. The molecule has 0 aliphatic heterocycles. The molecule has 104 valence electrons. The van der Waals surface area contributed by atoms with E-state index in [0.29, 0.717) is 12.4 Å². The minimum Gasteiger partial charge on any atom is -0.337 e. The van der Waals surface area contributed by atoms with Gasteiger partial charge in [0, 0.05) is 18.1 Å². The van der Waals surface area contributed by atoms with Crippen molar-refractivity contribution < 1.29 is 4.79 Å². The van der Waals surface area contributed by atoms with E-state index in [0.717, 1.165) is 18.5 Å².